The number of nitro benzene ring substituents is 1. The van der Waals surface area contributed by atoms with Gasteiger partial charge in [0.25, 0.3) is 11.6 Å². The average Bonchev–Trinajstić information content (AvgIpc) is 2.61. The van der Waals surface area contributed by atoms with Crippen LogP contribution >= 0.6 is 0 Å². The van der Waals surface area contributed by atoms with Crippen LogP contribution in [0.2, 0.25) is 0 Å². The summed E-state index contributed by atoms with van der Waals surface area (Å²) in [5, 5.41) is 13.4. The smallest absolute Gasteiger partial charge is 0.338 e. The van der Waals surface area contributed by atoms with Crippen LogP contribution in [0.25, 0.3) is 0 Å². The van der Waals surface area contributed by atoms with Crippen LogP contribution < -0.4 is 10.1 Å². The Kier molecular flexibility index (Phi) is 5.90. The number of esters is 1. The van der Waals surface area contributed by atoms with Crippen molar-refractivity contribution in [3.05, 3.63) is 63.7 Å². The zero-order chi connectivity index (χ0) is 19.3. The molecule has 2 aromatic rings. The fraction of sp³-hybridized carbons (Fsp3) is 0.222. The molecular weight excluding hydrogens is 340 g/mol. The van der Waals surface area contributed by atoms with E-state index < -0.39 is 22.9 Å². The molecule has 136 valence electrons. The van der Waals surface area contributed by atoms with Crippen molar-refractivity contribution in [2.75, 3.05) is 12.4 Å². The quantitative estimate of drug-likeness (QED) is 0.483. The fourth-order valence-corrected chi connectivity index (χ4v) is 2.11. The molecule has 2 rings (SSSR count). The van der Waals surface area contributed by atoms with E-state index in [0.29, 0.717) is 5.56 Å². The number of nitro groups is 1. The van der Waals surface area contributed by atoms with Crippen molar-refractivity contribution in [3.63, 3.8) is 0 Å². The molecule has 8 nitrogen and oxygen atoms in total. The molecule has 0 aliphatic rings. The number of amides is 1. The van der Waals surface area contributed by atoms with Crippen molar-refractivity contribution in [1.82, 2.24) is 0 Å². The van der Waals surface area contributed by atoms with E-state index in [4.69, 9.17) is 9.47 Å². The minimum Gasteiger partial charge on any atom is -0.495 e. The van der Waals surface area contributed by atoms with Crippen molar-refractivity contribution >= 4 is 23.3 Å². The molecule has 0 aliphatic heterocycles. The first-order chi connectivity index (χ1) is 12.3. The number of nitrogens with zero attached hydrogens (tertiary/aromatic N) is 1. The van der Waals surface area contributed by atoms with Crippen LogP contribution in [-0.2, 0) is 9.53 Å². The molecule has 2 aromatic carbocycles. The van der Waals surface area contributed by atoms with Crippen LogP contribution in [0.15, 0.2) is 42.5 Å². The summed E-state index contributed by atoms with van der Waals surface area (Å²) < 4.78 is 10.2. The lowest BCUT2D eigenvalue weighted by molar-refractivity contribution is -0.384. The van der Waals surface area contributed by atoms with Gasteiger partial charge in [0.15, 0.2) is 6.10 Å². The highest BCUT2D eigenvalue weighted by Gasteiger charge is 2.21. The van der Waals surface area contributed by atoms with Gasteiger partial charge in [-0.15, -0.1) is 0 Å². The molecule has 0 saturated heterocycles. The van der Waals surface area contributed by atoms with Gasteiger partial charge in [-0.2, -0.15) is 0 Å². The monoisotopic (exact) mass is 358 g/mol. The maximum atomic E-state index is 12.3. The van der Waals surface area contributed by atoms with E-state index in [1.165, 1.54) is 32.2 Å². The fourth-order valence-electron chi connectivity index (χ4n) is 2.11. The summed E-state index contributed by atoms with van der Waals surface area (Å²) in [4.78, 5) is 34.6. The summed E-state index contributed by atoms with van der Waals surface area (Å²) in [5.41, 5.74) is 1.23. The Morgan fingerprint density at radius 3 is 2.38 bits per heavy atom. The van der Waals surface area contributed by atoms with E-state index in [-0.39, 0.29) is 17.1 Å². The number of non-ortho nitro benzene ring substituents is 1. The van der Waals surface area contributed by atoms with E-state index >= 15 is 0 Å². The van der Waals surface area contributed by atoms with E-state index in [1.807, 2.05) is 6.92 Å². The first kappa shape index (κ1) is 18.9. The minimum absolute atomic E-state index is 0.116. The Morgan fingerprint density at radius 2 is 1.81 bits per heavy atom. The number of anilines is 1. The van der Waals surface area contributed by atoms with Crippen molar-refractivity contribution in [3.8, 4) is 5.75 Å². The van der Waals surface area contributed by atoms with E-state index in [0.717, 1.165) is 5.56 Å². The zero-order valence-electron chi connectivity index (χ0n) is 14.5. The average molecular weight is 358 g/mol. The van der Waals surface area contributed by atoms with Gasteiger partial charge in [-0.3, -0.25) is 14.9 Å². The molecule has 0 aromatic heterocycles. The third kappa shape index (κ3) is 4.56. The highest BCUT2D eigenvalue weighted by molar-refractivity contribution is 5.98. The van der Waals surface area contributed by atoms with Crippen LogP contribution in [0.3, 0.4) is 0 Å². The molecule has 0 aliphatic carbocycles. The number of ether oxygens (including phenoxy) is 2. The molecule has 0 saturated carbocycles. The maximum absolute atomic E-state index is 12.3. The Balaban J connectivity index is 2.09. The van der Waals surface area contributed by atoms with Gasteiger partial charge in [0.05, 0.1) is 23.3 Å². The standard InChI is InChI=1S/C18H18N2O6/c1-11-4-6-13(7-5-11)18(22)26-12(2)17(21)19-15-10-14(20(23)24)8-9-16(15)25-3/h4-10,12H,1-3H3,(H,19,21)/t12-/m1/s1. The molecule has 0 bridgehead atoms. The van der Waals surface area contributed by atoms with E-state index in [1.54, 1.807) is 24.3 Å². The lowest BCUT2D eigenvalue weighted by Crippen LogP contribution is -2.30. The summed E-state index contributed by atoms with van der Waals surface area (Å²) in [5.74, 6) is -1.02. The van der Waals surface area contributed by atoms with Gasteiger partial charge in [-0.05, 0) is 32.0 Å². The molecule has 0 heterocycles. The third-order valence-electron chi connectivity index (χ3n) is 3.59. The predicted octanol–water partition coefficient (Wildman–Crippen LogP) is 3.10. The Morgan fingerprint density at radius 1 is 1.15 bits per heavy atom. The number of hydrogen-bond donors (Lipinski definition) is 1. The molecule has 0 spiro atoms. The lowest BCUT2D eigenvalue weighted by atomic mass is 10.1. The largest absolute Gasteiger partial charge is 0.495 e. The second kappa shape index (κ2) is 8.11. The van der Waals surface area contributed by atoms with Crippen LogP contribution in [-0.4, -0.2) is 30.0 Å². The second-order valence-electron chi connectivity index (χ2n) is 5.54. The number of carbonyl (C=O) groups excluding carboxylic acids is 2. The number of rotatable bonds is 6. The second-order valence-corrected chi connectivity index (χ2v) is 5.54. The molecular formula is C18H18N2O6. The Hall–Kier alpha value is -3.42. The van der Waals surface area contributed by atoms with Crippen LogP contribution in [0.5, 0.6) is 5.75 Å². The maximum Gasteiger partial charge on any atom is 0.338 e. The zero-order valence-corrected chi connectivity index (χ0v) is 14.5. The molecule has 26 heavy (non-hydrogen) atoms. The van der Waals surface area contributed by atoms with Crippen molar-refractivity contribution in [2.45, 2.75) is 20.0 Å². The summed E-state index contributed by atoms with van der Waals surface area (Å²) in [6, 6.07) is 10.5. The third-order valence-corrected chi connectivity index (χ3v) is 3.59. The van der Waals surface area contributed by atoms with E-state index in [2.05, 4.69) is 5.32 Å². The number of methoxy groups -OCH3 is 1. The molecule has 0 radical (unpaired) electrons. The summed E-state index contributed by atoms with van der Waals surface area (Å²) in [6.45, 7) is 3.29. The van der Waals surface area contributed by atoms with Gasteiger partial charge >= 0.3 is 5.97 Å². The van der Waals surface area contributed by atoms with Gasteiger partial charge in [-0.1, -0.05) is 17.7 Å². The lowest BCUT2D eigenvalue weighted by Gasteiger charge is -2.15. The molecule has 0 unspecified atom stereocenters. The topological polar surface area (TPSA) is 108 Å². The van der Waals surface area contributed by atoms with E-state index in [9.17, 15) is 19.7 Å². The van der Waals surface area contributed by atoms with Gasteiger partial charge in [-0.25, -0.2) is 4.79 Å². The number of carbonyl (C=O) groups is 2. The SMILES string of the molecule is COc1ccc([N+](=O)[O-])cc1NC(=O)[C@@H](C)OC(=O)c1ccc(C)cc1. The van der Waals surface area contributed by atoms with Crippen LogP contribution in [0.1, 0.15) is 22.8 Å². The Labute approximate surface area is 149 Å². The first-order valence-corrected chi connectivity index (χ1v) is 7.72. The normalized spacial score (nSPS) is 11.3. The highest BCUT2D eigenvalue weighted by atomic mass is 16.6. The first-order valence-electron chi connectivity index (χ1n) is 7.72. The summed E-state index contributed by atoms with van der Waals surface area (Å²) in [6.07, 6.45) is -1.10. The number of nitrogens with one attached hydrogen (secondary N) is 1. The Bertz CT molecular complexity index is 832. The molecule has 1 amide bonds. The number of aryl methyl sites for hydroxylation is 1. The van der Waals surface area contributed by atoms with Gasteiger partial charge in [0.2, 0.25) is 0 Å². The van der Waals surface area contributed by atoms with Crippen molar-refractivity contribution < 1.29 is 24.0 Å². The summed E-state index contributed by atoms with van der Waals surface area (Å²) >= 11 is 0. The van der Waals surface area contributed by atoms with Crippen molar-refractivity contribution in [1.29, 1.82) is 0 Å². The van der Waals surface area contributed by atoms with Crippen molar-refractivity contribution in [2.24, 2.45) is 0 Å². The van der Waals surface area contributed by atoms with Gasteiger partial charge in [0.1, 0.15) is 5.75 Å². The number of hydrogen-bond acceptors (Lipinski definition) is 6. The van der Waals surface area contributed by atoms with Crippen LogP contribution in [0.4, 0.5) is 11.4 Å². The van der Waals surface area contributed by atoms with Gasteiger partial charge < -0.3 is 14.8 Å². The molecule has 8 heteroatoms. The highest BCUT2D eigenvalue weighted by Crippen LogP contribution is 2.29. The summed E-state index contributed by atoms with van der Waals surface area (Å²) in [7, 11) is 1.37. The number of benzene rings is 2. The molecule has 1 atom stereocenters. The minimum atomic E-state index is -1.10. The molecule has 0 fully saturated rings. The van der Waals surface area contributed by atoms with Crippen LogP contribution in [0, 0.1) is 17.0 Å². The van der Waals surface area contributed by atoms with Gasteiger partial charge in [0, 0.05) is 12.1 Å². The predicted molar refractivity (Wildman–Crippen MR) is 94.3 cm³/mol. The molecule has 1 N–H and O–H groups in total.